The predicted octanol–water partition coefficient (Wildman–Crippen LogP) is 2.40. The van der Waals surface area contributed by atoms with Crippen molar-refractivity contribution in [3.63, 3.8) is 0 Å². The highest BCUT2D eigenvalue weighted by Gasteiger charge is 2.32. The smallest absolute Gasteiger partial charge is 0.223 e. The van der Waals surface area contributed by atoms with Gasteiger partial charge in [-0.05, 0) is 18.4 Å². The Kier molecular flexibility index (Phi) is 6.53. The second kappa shape index (κ2) is 8.62. The maximum absolute atomic E-state index is 12.4. The molecule has 24 heavy (non-hydrogen) atoms. The van der Waals surface area contributed by atoms with E-state index in [9.17, 15) is 14.4 Å². The van der Waals surface area contributed by atoms with Crippen molar-refractivity contribution in [2.45, 2.75) is 51.6 Å². The van der Waals surface area contributed by atoms with Gasteiger partial charge in [-0.2, -0.15) is 0 Å². The molecule has 0 spiro atoms. The van der Waals surface area contributed by atoms with Crippen LogP contribution in [0.4, 0.5) is 0 Å². The van der Waals surface area contributed by atoms with Crippen LogP contribution in [0.5, 0.6) is 0 Å². The van der Waals surface area contributed by atoms with Crippen LogP contribution in [0, 0.1) is 0 Å². The first kappa shape index (κ1) is 18.2. The normalized spacial score (nSPS) is 16.9. The predicted molar refractivity (Wildman–Crippen MR) is 92.2 cm³/mol. The zero-order chi connectivity index (χ0) is 17.5. The van der Waals surface area contributed by atoms with E-state index in [2.05, 4.69) is 0 Å². The lowest BCUT2D eigenvalue weighted by atomic mass is 10.1. The van der Waals surface area contributed by atoms with E-state index in [1.54, 1.807) is 16.8 Å². The molecule has 2 rings (SSSR count). The largest absolute Gasteiger partial charge is 0.341 e. The lowest BCUT2D eigenvalue weighted by molar-refractivity contribution is -0.139. The molecule has 1 aliphatic rings. The lowest BCUT2D eigenvalue weighted by Crippen LogP contribution is -2.40. The summed E-state index contributed by atoms with van der Waals surface area (Å²) >= 11 is 0. The van der Waals surface area contributed by atoms with Crippen LogP contribution in [0.25, 0.3) is 0 Å². The van der Waals surface area contributed by atoms with Crippen LogP contribution >= 0.6 is 0 Å². The monoisotopic (exact) mass is 330 g/mol. The van der Waals surface area contributed by atoms with Crippen molar-refractivity contribution in [3.05, 3.63) is 35.9 Å². The number of hydrogen-bond donors (Lipinski definition) is 0. The Morgan fingerprint density at radius 2 is 1.88 bits per heavy atom. The SMILES string of the molecule is CCC(=O)C1CCCN1C(=O)CCC(=O)N(C)Cc1ccccc1. The van der Waals surface area contributed by atoms with E-state index in [0.29, 0.717) is 19.5 Å². The molecule has 1 atom stereocenters. The topological polar surface area (TPSA) is 57.7 Å². The third kappa shape index (κ3) is 4.66. The maximum Gasteiger partial charge on any atom is 0.223 e. The fourth-order valence-corrected chi connectivity index (χ4v) is 3.13. The lowest BCUT2D eigenvalue weighted by Gasteiger charge is -2.24. The summed E-state index contributed by atoms with van der Waals surface area (Å²) in [4.78, 5) is 39.8. The zero-order valence-electron chi connectivity index (χ0n) is 14.5. The number of nitrogens with zero attached hydrogens (tertiary/aromatic N) is 2. The Hall–Kier alpha value is -2.17. The summed E-state index contributed by atoms with van der Waals surface area (Å²) in [5.74, 6) is -0.0149. The molecule has 1 aromatic rings. The molecule has 0 N–H and O–H groups in total. The Bertz CT molecular complexity index is 586. The van der Waals surface area contributed by atoms with Crippen molar-refractivity contribution in [3.8, 4) is 0 Å². The summed E-state index contributed by atoms with van der Waals surface area (Å²) < 4.78 is 0. The van der Waals surface area contributed by atoms with Gasteiger partial charge in [0.15, 0.2) is 5.78 Å². The van der Waals surface area contributed by atoms with Gasteiger partial charge < -0.3 is 9.80 Å². The second-order valence-electron chi connectivity index (χ2n) is 6.30. The zero-order valence-corrected chi connectivity index (χ0v) is 14.5. The Morgan fingerprint density at radius 1 is 1.17 bits per heavy atom. The molecule has 0 bridgehead atoms. The number of rotatable bonds is 7. The molecule has 1 aliphatic heterocycles. The molecule has 1 saturated heterocycles. The fourth-order valence-electron chi connectivity index (χ4n) is 3.13. The van der Waals surface area contributed by atoms with Gasteiger partial charge in [0.05, 0.1) is 6.04 Å². The highest BCUT2D eigenvalue weighted by Crippen LogP contribution is 2.20. The van der Waals surface area contributed by atoms with E-state index in [1.165, 1.54) is 0 Å². The minimum Gasteiger partial charge on any atom is -0.341 e. The Labute approximate surface area is 143 Å². The van der Waals surface area contributed by atoms with Gasteiger partial charge in [-0.3, -0.25) is 14.4 Å². The van der Waals surface area contributed by atoms with E-state index in [1.807, 2.05) is 37.3 Å². The van der Waals surface area contributed by atoms with Crippen LogP contribution in [-0.2, 0) is 20.9 Å². The van der Waals surface area contributed by atoms with Crippen molar-refractivity contribution in [2.24, 2.45) is 0 Å². The van der Waals surface area contributed by atoms with Gasteiger partial charge >= 0.3 is 0 Å². The van der Waals surface area contributed by atoms with Crippen molar-refractivity contribution in [1.82, 2.24) is 9.80 Å². The van der Waals surface area contributed by atoms with E-state index >= 15 is 0 Å². The molecule has 130 valence electrons. The van der Waals surface area contributed by atoms with Crippen LogP contribution in [-0.4, -0.2) is 47.0 Å². The molecular weight excluding hydrogens is 304 g/mol. The minimum absolute atomic E-state index is 0.0511. The quantitative estimate of drug-likeness (QED) is 0.771. The molecule has 5 nitrogen and oxygen atoms in total. The van der Waals surface area contributed by atoms with E-state index in [4.69, 9.17) is 0 Å². The van der Waals surface area contributed by atoms with Crippen LogP contribution in [0.15, 0.2) is 30.3 Å². The average molecular weight is 330 g/mol. The summed E-state index contributed by atoms with van der Waals surface area (Å²) in [6, 6.07) is 9.48. The van der Waals surface area contributed by atoms with Gasteiger partial charge in [0, 0.05) is 39.4 Å². The van der Waals surface area contributed by atoms with E-state index < -0.39 is 0 Å². The van der Waals surface area contributed by atoms with Gasteiger partial charge in [-0.1, -0.05) is 37.3 Å². The van der Waals surface area contributed by atoms with Crippen LogP contribution < -0.4 is 0 Å². The van der Waals surface area contributed by atoms with Crippen LogP contribution in [0.1, 0.15) is 44.6 Å². The number of carbonyl (C=O) groups excluding carboxylic acids is 3. The third-order valence-corrected chi connectivity index (χ3v) is 4.53. The molecular formula is C19H26N2O3. The first-order valence-electron chi connectivity index (χ1n) is 8.63. The number of carbonyl (C=O) groups is 3. The number of likely N-dealkylation sites (tertiary alicyclic amines) is 1. The third-order valence-electron chi connectivity index (χ3n) is 4.53. The molecule has 0 saturated carbocycles. The first-order chi connectivity index (χ1) is 11.5. The molecule has 0 aliphatic carbocycles. The van der Waals surface area contributed by atoms with E-state index in [-0.39, 0.29) is 36.5 Å². The molecule has 1 aromatic carbocycles. The van der Waals surface area contributed by atoms with Gasteiger partial charge in [0.2, 0.25) is 11.8 Å². The molecule has 0 radical (unpaired) electrons. The molecule has 1 heterocycles. The van der Waals surface area contributed by atoms with Crippen molar-refractivity contribution >= 4 is 17.6 Å². The molecule has 5 heteroatoms. The highest BCUT2D eigenvalue weighted by molar-refractivity contribution is 5.90. The fraction of sp³-hybridized carbons (Fsp3) is 0.526. The highest BCUT2D eigenvalue weighted by atomic mass is 16.2. The second-order valence-corrected chi connectivity index (χ2v) is 6.30. The summed E-state index contributed by atoms with van der Waals surface area (Å²) in [7, 11) is 1.75. The average Bonchev–Trinajstić information content (AvgIpc) is 3.09. The van der Waals surface area contributed by atoms with Crippen LogP contribution in [0.2, 0.25) is 0 Å². The summed E-state index contributed by atoms with van der Waals surface area (Å²) in [6.45, 7) is 2.99. The Balaban J connectivity index is 1.82. The van der Waals surface area contributed by atoms with Crippen LogP contribution in [0.3, 0.4) is 0 Å². The van der Waals surface area contributed by atoms with Crippen molar-refractivity contribution in [1.29, 1.82) is 0 Å². The number of ketones is 1. The summed E-state index contributed by atoms with van der Waals surface area (Å²) in [6.07, 6.45) is 2.43. The number of hydrogen-bond acceptors (Lipinski definition) is 3. The molecule has 1 unspecified atom stereocenters. The van der Waals surface area contributed by atoms with Gasteiger partial charge in [0.25, 0.3) is 0 Å². The van der Waals surface area contributed by atoms with Crippen molar-refractivity contribution < 1.29 is 14.4 Å². The minimum atomic E-state index is -0.278. The maximum atomic E-state index is 12.4. The molecule has 2 amide bonds. The molecule has 0 aromatic heterocycles. The number of benzene rings is 1. The molecule has 1 fully saturated rings. The number of Topliss-reactive ketones (excluding diaryl/α,β-unsaturated/α-hetero) is 1. The Morgan fingerprint density at radius 3 is 2.54 bits per heavy atom. The summed E-state index contributed by atoms with van der Waals surface area (Å²) in [5, 5.41) is 0. The van der Waals surface area contributed by atoms with Gasteiger partial charge in [-0.25, -0.2) is 0 Å². The number of amides is 2. The van der Waals surface area contributed by atoms with Crippen molar-refractivity contribution in [2.75, 3.05) is 13.6 Å². The first-order valence-corrected chi connectivity index (χ1v) is 8.63. The van der Waals surface area contributed by atoms with E-state index in [0.717, 1.165) is 18.4 Å². The standard InChI is InChI=1S/C19H26N2O3/c1-3-17(22)16-10-7-13-21(16)19(24)12-11-18(23)20(2)14-15-8-5-4-6-9-15/h4-6,8-9,16H,3,7,10-14H2,1-2H3. The summed E-state index contributed by atoms with van der Waals surface area (Å²) in [5.41, 5.74) is 1.06. The van der Waals surface area contributed by atoms with Gasteiger partial charge in [-0.15, -0.1) is 0 Å². The van der Waals surface area contributed by atoms with Gasteiger partial charge in [0.1, 0.15) is 0 Å².